The summed E-state index contributed by atoms with van der Waals surface area (Å²) in [5.41, 5.74) is 1.94. The Labute approximate surface area is 147 Å². The van der Waals surface area contributed by atoms with Crippen LogP contribution in [0.15, 0.2) is 42.7 Å². The number of likely N-dealkylation sites (tertiary alicyclic amines) is 1. The highest BCUT2D eigenvalue weighted by atomic mass is 16.4. The van der Waals surface area contributed by atoms with E-state index in [2.05, 4.69) is 5.10 Å². The minimum atomic E-state index is -0.748. The van der Waals surface area contributed by atoms with Crippen LogP contribution in [0.4, 0.5) is 0 Å². The van der Waals surface area contributed by atoms with Crippen molar-refractivity contribution in [3.63, 3.8) is 0 Å². The molecule has 2 aromatic rings. The molecule has 0 aliphatic carbocycles. The zero-order valence-electron chi connectivity index (χ0n) is 14.2. The first kappa shape index (κ1) is 17.2. The third kappa shape index (κ3) is 4.68. The van der Waals surface area contributed by atoms with Gasteiger partial charge in [0.05, 0.1) is 12.1 Å². The highest BCUT2D eigenvalue weighted by molar-refractivity contribution is 5.78. The van der Waals surface area contributed by atoms with E-state index in [1.54, 1.807) is 10.9 Å². The fourth-order valence-corrected chi connectivity index (χ4v) is 3.34. The van der Waals surface area contributed by atoms with Crippen molar-refractivity contribution in [1.82, 2.24) is 14.7 Å². The third-order valence-corrected chi connectivity index (χ3v) is 4.72. The number of amides is 1. The quantitative estimate of drug-likeness (QED) is 0.907. The van der Waals surface area contributed by atoms with Gasteiger partial charge < -0.3 is 10.0 Å². The summed E-state index contributed by atoms with van der Waals surface area (Å²) < 4.78 is 1.78. The second-order valence-corrected chi connectivity index (χ2v) is 6.57. The summed E-state index contributed by atoms with van der Waals surface area (Å²) in [6.45, 7) is 1.38. The number of carbonyl (C=O) groups excluding carboxylic acids is 1. The van der Waals surface area contributed by atoms with Gasteiger partial charge in [-0.25, -0.2) is 4.68 Å². The Morgan fingerprint density at radius 1 is 1.16 bits per heavy atom. The Morgan fingerprint density at radius 2 is 1.96 bits per heavy atom. The molecule has 0 radical (unpaired) electrons. The molecule has 1 fully saturated rings. The normalized spacial score (nSPS) is 17.9. The Bertz CT molecular complexity index is 710. The maximum absolute atomic E-state index is 12.6. The summed E-state index contributed by atoms with van der Waals surface area (Å²) >= 11 is 0. The molecule has 1 aliphatic rings. The van der Waals surface area contributed by atoms with E-state index in [4.69, 9.17) is 5.11 Å². The van der Waals surface area contributed by atoms with Gasteiger partial charge in [-0.3, -0.25) is 9.59 Å². The SMILES string of the molecule is O=C(O)C[C@@H]1CCCN(C(=O)Cc2ccc(-n3cccn3)cc2)CC1. The van der Waals surface area contributed by atoms with Crippen LogP contribution < -0.4 is 0 Å². The average Bonchev–Trinajstić information content (AvgIpc) is 3.02. The number of carbonyl (C=O) groups is 2. The Hall–Kier alpha value is -2.63. The fraction of sp³-hybridized carbons (Fsp3) is 0.421. The number of nitrogens with zero attached hydrogens (tertiary/aromatic N) is 3. The van der Waals surface area contributed by atoms with Crippen LogP contribution in [0.5, 0.6) is 0 Å². The van der Waals surface area contributed by atoms with Crippen LogP contribution in [0, 0.1) is 5.92 Å². The van der Waals surface area contributed by atoms with Gasteiger partial charge in [0.15, 0.2) is 0 Å². The van der Waals surface area contributed by atoms with Crippen molar-refractivity contribution < 1.29 is 14.7 Å². The molecule has 6 heteroatoms. The van der Waals surface area contributed by atoms with Gasteiger partial charge in [-0.2, -0.15) is 5.10 Å². The molecular weight excluding hydrogens is 318 g/mol. The van der Waals surface area contributed by atoms with E-state index in [0.29, 0.717) is 13.0 Å². The largest absolute Gasteiger partial charge is 0.481 e. The minimum absolute atomic E-state index is 0.114. The first-order valence-electron chi connectivity index (χ1n) is 8.70. The highest BCUT2D eigenvalue weighted by Crippen LogP contribution is 2.21. The van der Waals surface area contributed by atoms with Crippen LogP contribution in [-0.2, 0) is 16.0 Å². The van der Waals surface area contributed by atoms with Crippen molar-refractivity contribution in [2.75, 3.05) is 13.1 Å². The molecule has 1 saturated heterocycles. The molecule has 1 aromatic carbocycles. The van der Waals surface area contributed by atoms with Crippen molar-refractivity contribution in [2.45, 2.75) is 32.1 Å². The summed E-state index contributed by atoms with van der Waals surface area (Å²) in [5.74, 6) is -0.450. The van der Waals surface area contributed by atoms with E-state index < -0.39 is 5.97 Å². The molecule has 6 nitrogen and oxygen atoms in total. The minimum Gasteiger partial charge on any atom is -0.481 e. The van der Waals surface area contributed by atoms with E-state index in [0.717, 1.165) is 37.1 Å². The highest BCUT2D eigenvalue weighted by Gasteiger charge is 2.22. The molecular formula is C19H23N3O3. The lowest BCUT2D eigenvalue weighted by atomic mass is 9.97. The number of carboxylic acid groups (broad SMARTS) is 1. The van der Waals surface area contributed by atoms with Gasteiger partial charge in [-0.15, -0.1) is 0 Å². The van der Waals surface area contributed by atoms with Crippen molar-refractivity contribution in [3.8, 4) is 5.69 Å². The van der Waals surface area contributed by atoms with Gasteiger partial charge >= 0.3 is 5.97 Å². The molecule has 1 N–H and O–H groups in total. The van der Waals surface area contributed by atoms with Gasteiger partial charge in [0, 0.05) is 31.9 Å². The van der Waals surface area contributed by atoms with Crippen molar-refractivity contribution in [1.29, 1.82) is 0 Å². The van der Waals surface area contributed by atoms with Crippen LogP contribution in [0.3, 0.4) is 0 Å². The monoisotopic (exact) mass is 341 g/mol. The van der Waals surface area contributed by atoms with E-state index in [-0.39, 0.29) is 18.2 Å². The van der Waals surface area contributed by atoms with Crippen LogP contribution in [0.1, 0.15) is 31.2 Å². The van der Waals surface area contributed by atoms with Crippen LogP contribution in [0.25, 0.3) is 5.69 Å². The van der Waals surface area contributed by atoms with Gasteiger partial charge in [-0.1, -0.05) is 12.1 Å². The van der Waals surface area contributed by atoms with Gasteiger partial charge in [0.1, 0.15) is 0 Å². The van der Waals surface area contributed by atoms with Gasteiger partial charge in [0.2, 0.25) is 5.91 Å². The molecule has 0 unspecified atom stereocenters. The predicted octanol–water partition coefficient (Wildman–Crippen LogP) is 2.52. The Balaban J connectivity index is 1.56. The molecule has 2 heterocycles. The lowest BCUT2D eigenvalue weighted by molar-refractivity contribution is -0.138. The van der Waals surface area contributed by atoms with E-state index in [1.807, 2.05) is 41.4 Å². The van der Waals surface area contributed by atoms with Crippen LogP contribution in [0.2, 0.25) is 0 Å². The molecule has 132 valence electrons. The lowest BCUT2D eigenvalue weighted by Crippen LogP contribution is -2.33. The Kier molecular flexibility index (Phi) is 5.48. The van der Waals surface area contributed by atoms with E-state index in [9.17, 15) is 9.59 Å². The molecule has 1 aliphatic heterocycles. The molecule has 3 rings (SSSR count). The number of hydrogen-bond acceptors (Lipinski definition) is 3. The average molecular weight is 341 g/mol. The van der Waals surface area contributed by atoms with Crippen LogP contribution in [-0.4, -0.2) is 44.8 Å². The zero-order chi connectivity index (χ0) is 17.6. The summed E-state index contributed by atoms with van der Waals surface area (Å²) in [5, 5.41) is 13.1. The van der Waals surface area contributed by atoms with E-state index in [1.165, 1.54) is 0 Å². The number of carboxylic acids is 1. The molecule has 1 aromatic heterocycles. The van der Waals surface area contributed by atoms with Gasteiger partial charge in [-0.05, 0) is 48.9 Å². The van der Waals surface area contributed by atoms with E-state index >= 15 is 0 Å². The molecule has 0 bridgehead atoms. The third-order valence-electron chi connectivity index (χ3n) is 4.72. The second-order valence-electron chi connectivity index (χ2n) is 6.57. The maximum Gasteiger partial charge on any atom is 0.303 e. The predicted molar refractivity (Wildman–Crippen MR) is 93.4 cm³/mol. The summed E-state index contributed by atoms with van der Waals surface area (Å²) in [4.78, 5) is 25.3. The summed E-state index contributed by atoms with van der Waals surface area (Å²) in [7, 11) is 0. The molecule has 0 spiro atoms. The smallest absolute Gasteiger partial charge is 0.303 e. The molecule has 1 amide bonds. The van der Waals surface area contributed by atoms with Crippen molar-refractivity contribution in [3.05, 3.63) is 48.3 Å². The second kappa shape index (κ2) is 7.96. The molecule has 1 atom stereocenters. The van der Waals surface area contributed by atoms with Crippen molar-refractivity contribution in [2.24, 2.45) is 5.92 Å². The first-order chi connectivity index (χ1) is 12.1. The number of hydrogen-bond donors (Lipinski definition) is 1. The van der Waals surface area contributed by atoms with Crippen LogP contribution >= 0.6 is 0 Å². The fourth-order valence-electron chi connectivity index (χ4n) is 3.34. The topological polar surface area (TPSA) is 75.4 Å². The number of rotatable bonds is 5. The molecule has 25 heavy (non-hydrogen) atoms. The standard InChI is InChI=1S/C19H23N3O3/c23-18(21-10-1-3-15(8-12-21)14-19(24)25)13-16-4-6-17(7-5-16)22-11-2-9-20-22/h2,4-7,9,11,15H,1,3,8,10,12-14H2,(H,24,25)/t15-/m1/s1. The number of benzene rings is 1. The lowest BCUT2D eigenvalue weighted by Gasteiger charge is -2.20. The molecule has 0 saturated carbocycles. The summed E-state index contributed by atoms with van der Waals surface area (Å²) in [6, 6.07) is 9.70. The van der Waals surface area contributed by atoms with Gasteiger partial charge in [0.25, 0.3) is 0 Å². The Morgan fingerprint density at radius 3 is 2.64 bits per heavy atom. The zero-order valence-corrected chi connectivity index (χ0v) is 14.2. The van der Waals surface area contributed by atoms with Crippen molar-refractivity contribution >= 4 is 11.9 Å². The number of aliphatic carboxylic acids is 1. The number of aromatic nitrogens is 2. The first-order valence-corrected chi connectivity index (χ1v) is 8.70. The maximum atomic E-state index is 12.6. The summed E-state index contributed by atoms with van der Waals surface area (Å²) in [6.07, 6.45) is 6.73.